The predicted octanol–water partition coefficient (Wildman–Crippen LogP) is 4.19. The largest absolute Gasteiger partial charge is 0.481 e. The quantitative estimate of drug-likeness (QED) is 0.789. The lowest BCUT2D eigenvalue weighted by atomic mass is 10.1. The van der Waals surface area contributed by atoms with E-state index in [0.29, 0.717) is 23.6 Å². The summed E-state index contributed by atoms with van der Waals surface area (Å²) in [6, 6.07) is 10.6. The second-order valence-corrected chi connectivity index (χ2v) is 6.25. The Balaban J connectivity index is 2.02. The average molecular weight is 355 g/mol. The molecule has 5 heteroatoms. The molecule has 1 atom stereocenters. The smallest absolute Gasteiger partial charge is 0.338 e. The van der Waals surface area contributed by atoms with Crippen LogP contribution in [-0.2, 0) is 9.53 Å². The normalized spacial score (nSPS) is 11.6. The zero-order chi connectivity index (χ0) is 19.3. The number of ether oxygens (including phenoxy) is 2. The van der Waals surface area contributed by atoms with E-state index in [2.05, 4.69) is 11.4 Å². The fourth-order valence-corrected chi connectivity index (χ4v) is 2.52. The molecule has 5 nitrogen and oxygen atoms in total. The molecular weight excluding hydrogens is 330 g/mol. The number of anilines is 1. The van der Waals surface area contributed by atoms with Crippen molar-refractivity contribution >= 4 is 17.6 Å². The molecule has 0 saturated heterocycles. The van der Waals surface area contributed by atoms with Gasteiger partial charge in [-0.05, 0) is 81.6 Å². The summed E-state index contributed by atoms with van der Waals surface area (Å²) < 4.78 is 10.8. The summed E-state index contributed by atoms with van der Waals surface area (Å²) in [4.78, 5) is 24.0. The summed E-state index contributed by atoms with van der Waals surface area (Å²) in [6.07, 6.45) is -0.653. The average Bonchev–Trinajstić information content (AvgIpc) is 2.60. The van der Waals surface area contributed by atoms with Crippen LogP contribution in [0.4, 0.5) is 5.69 Å². The Kier molecular flexibility index (Phi) is 6.39. The van der Waals surface area contributed by atoms with Gasteiger partial charge in [-0.25, -0.2) is 4.79 Å². The van der Waals surface area contributed by atoms with Gasteiger partial charge in [0.2, 0.25) is 0 Å². The molecule has 0 aliphatic carbocycles. The summed E-state index contributed by atoms with van der Waals surface area (Å²) in [5.41, 5.74) is 4.28. The molecule has 0 radical (unpaired) electrons. The van der Waals surface area contributed by atoms with E-state index in [4.69, 9.17) is 9.47 Å². The van der Waals surface area contributed by atoms with Crippen LogP contribution in [0, 0.1) is 20.8 Å². The van der Waals surface area contributed by atoms with Gasteiger partial charge in [-0.15, -0.1) is 0 Å². The minimum atomic E-state index is -0.653. The molecule has 2 rings (SSSR count). The van der Waals surface area contributed by atoms with Crippen molar-refractivity contribution in [3.8, 4) is 5.75 Å². The van der Waals surface area contributed by atoms with E-state index in [1.807, 2.05) is 26.8 Å². The summed E-state index contributed by atoms with van der Waals surface area (Å²) in [5.74, 6) is 0.0719. The molecule has 2 aromatic rings. The highest BCUT2D eigenvalue weighted by Gasteiger charge is 2.17. The van der Waals surface area contributed by atoms with Crippen LogP contribution in [0.5, 0.6) is 5.75 Å². The first kappa shape index (κ1) is 19.5. The predicted molar refractivity (Wildman–Crippen MR) is 102 cm³/mol. The molecule has 26 heavy (non-hydrogen) atoms. The number of carbonyl (C=O) groups is 2. The fraction of sp³-hybridized carbons (Fsp3) is 0.333. The molecule has 2 aromatic carbocycles. The maximum absolute atomic E-state index is 12.4. The van der Waals surface area contributed by atoms with Crippen molar-refractivity contribution in [3.63, 3.8) is 0 Å². The molecule has 0 unspecified atom stereocenters. The van der Waals surface area contributed by atoms with Crippen LogP contribution < -0.4 is 10.1 Å². The number of carbonyl (C=O) groups excluding carboxylic acids is 2. The third-order valence-electron chi connectivity index (χ3n) is 4.10. The van der Waals surface area contributed by atoms with Crippen LogP contribution in [0.25, 0.3) is 0 Å². The van der Waals surface area contributed by atoms with Gasteiger partial charge >= 0.3 is 5.97 Å². The van der Waals surface area contributed by atoms with Gasteiger partial charge in [0.05, 0.1) is 12.2 Å². The Labute approximate surface area is 154 Å². The number of aryl methyl sites for hydroxylation is 2. The van der Waals surface area contributed by atoms with Gasteiger partial charge in [0.1, 0.15) is 5.75 Å². The van der Waals surface area contributed by atoms with Crippen LogP contribution in [-0.4, -0.2) is 24.6 Å². The third kappa shape index (κ3) is 4.85. The van der Waals surface area contributed by atoms with E-state index in [-0.39, 0.29) is 11.9 Å². The highest BCUT2D eigenvalue weighted by Crippen LogP contribution is 2.24. The van der Waals surface area contributed by atoms with E-state index in [9.17, 15) is 9.59 Å². The van der Waals surface area contributed by atoms with Crippen molar-refractivity contribution < 1.29 is 19.1 Å². The van der Waals surface area contributed by atoms with Crippen molar-refractivity contribution in [3.05, 3.63) is 58.7 Å². The number of esters is 1. The first-order valence-electron chi connectivity index (χ1n) is 8.64. The maximum Gasteiger partial charge on any atom is 0.338 e. The van der Waals surface area contributed by atoms with Gasteiger partial charge in [0.25, 0.3) is 5.91 Å². The zero-order valence-corrected chi connectivity index (χ0v) is 15.9. The summed E-state index contributed by atoms with van der Waals surface area (Å²) in [7, 11) is 0. The number of nitrogens with one attached hydrogen (secondary N) is 1. The van der Waals surface area contributed by atoms with Crippen molar-refractivity contribution in [2.24, 2.45) is 0 Å². The lowest BCUT2D eigenvalue weighted by molar-refractivity contribution is -0.122. The van der Waals surface area contributed by atoms with Crippen molar-refractivity contribution in [2.75, 3.05) is 11.9 Å². The summed E-state index contributed by atoms with van der Waals surface area (Å²) >= 11 is 0. The standard InChI is InChI=1S/C21H25NO4/c1-6-25-21(24)17-7-9-18(10-8-17)22-20(23)16(5)26-19-12-13(2)11-14(3)15(19)4/h7-12,16H,6H2,1-5H3,(H,22,23)/t16-/m1/s1. The van der Waals surface area contributed by atoms with Crippen LogP contribution in [0.1, 0.15) is 40.9 Å². The van der Waals surface area contributed by atoms with Crippen LogP contribution in [0.3, 0.4) is 0 Å². The molecule has 0 aliphatic rings. The first-order chi connectivity index (χ1) is 12.3. The van der Waals surface area contributed by atoms with Crippen molar-refractivity contribution in [2.45, 2.75) is 40.7 Å². The van der Waals surface area contributed by atoms with Gasteiger partial charge in [-0.3, -0.25) is 4.79 Å². The number of amides is 1. The zero-order valence-electron chi connectivity index (χ0n) is 15.9. The molecule has 1 N–H and O–H groups in total. The number of rotatable bonds is 6. The molecule has 0 spiro atoms. The maximum atomic E-state index is 12.4. The monoisotopic (exact) mass is 355 g/mol. The SMILES string of the molecule is CCOC(=O)c1ccc(NC(=O)[C@@H](C)Oc2cc(C)cc(C)c2C)cc1. The second-order valence-electron chi connectivity index (χ2n) is 6.25. The number of hydrogen-bond donors (Lipinski definition) is 1. The molecule has 138 valence electrons. The van der Waals surface area contributed by atoms with Gasteiger partial charge in [-0.1, -0.05) is 6.07 Å². The summed E-state index contributed by atoms with van der Waals surface area (Å²) in [6.45, 7) is 9.78. The van der Waals surface area contributed by atoms with Gasteiger partial charge < -0.3 is 14.8 Å². The highest BCUT2D eigenvalue weighted by molar-refractivity contribution is 5.95. The molecule has 0 fully saturated rings. The minimum absolute atomic E-state index is 0.257. The van der Waals surface area contributed by atoms with Crippen LogP contribution >= 0.6 is 0 Å². The molecule has 0 aromatic heterocycles. The van der Waals surface area contributed by atoms with Crippen molar-refractivity contribution in [1.29, 1.82) is 0 Å². The van der Waals surface area contributed by atoms with Crippen LogP contribution in [0.2, 0.25) is 0 Å². The first-order valence-corrected chi connectivity index (χ1v) is 8.64. The Morgan fingerprint density at radius 1 is 1.08 bits per heavy atom. The number of benzene rings is 2. The van der Waals surface area contributed by atoms with E-state index >= 15 is 0 Å². The van der Waals surface area contributed by atoms with Gasteiger partial charge in [0, 0.05) is 5.69 Å². The molecule has 0 saturated carbocycles. The fourth-order valence-electron chi connectivity index (χ4n) is 2.52. The van der Waals surface area contributed by atoms with Gasteiger partial charge in [-0.2, -0.15) is 0 Å². The Bertz CT molecular complexity index is 796. The number of hydrogen-bond acceptors (Lipinski definition) is 4. The molecule has 0 heterocycles. The van der Waals surface area contributed by atoms with E-state index in [1.165, 1.54) is 0 Å². The molecule has 0 bridgehead atoms. The Morgan fingerprint density at radius 2 is 1.73 bits per heavy atom. The third-order valence-corrected chi connectivity index (χ3v) is 4.10. The topological polar surface area (TPSA) is 64.6 Å². The Morgan fingerprint density at radius 3 is 2.35 bits per heavy atom. The Hall–Kier alpha value is -2.82. The second kappa shape index (κ2) is 8.52. The summed E-state index contributed by atoms with van der Waals surface area (Å²) in [5, 5.41) is 2.79. The molecular formula is C21H25NO4. The van der Waals surface area contributed by atoms with E-state index < -0.39 is 6.10 Å². The lowest BCUT2D eigenvalue weighted by Gasteiger charge is -2.18. The van der Waals surface area contributed by atoms with Crippen molar-refractivity contribution in [1.82, 2.24) is 0 Å². The lowest BCUT2D eigenvalue weighted by Crippen LogP contribution is -2.30. The molecule has 1 amide bonds. The van der Waals surface area contributed by atoms with Gasteiger partial charge in [0.15, 0.2) is 6.10 Å². The minimum Gasteiger partial charge on any atom is -0.481 e. The van der Waals surface area contributed by atoms with Crippen LogP contribution in [0.15, 0.2) is 36.4 Å². The molecule has 0 aliphatic heterocycles. The van der Waals surface area contributed by atoms with E-state index in [0.717, 1.165) is 16.7 Å². The highest BCUT2D eigenvalue weighted by atomic mass is 16.5. The van der Waals surface area contributed by atoms with E-state index in [1.54, 1.807) is 38.1 Å².